The fourth-order valence-corrected chi connectivity index (χ4v) is 2.68. The van der Waals surface area contributed by atoms with Crippen molar-refractivity contribution in [3.05, 3.63) is 48.8 Å². The highest BCUT2D eigenvalue weighted by molar-refractivity contribution is 5.91. The van der Waals surface area contributed by atoms with Gasteiger partial charge < -0.3 is 9.64 Å². The van der Waals surface area contributed by atoms with Crippen LogP contribution in [0.25, 0.3) is 22.3 Å². The van der Waals surface area contributed by atoms with Gasteiger partial charge in [-0.05, 0) is 38.1 Å². The number of nitrogens with zero attached hydrogens (tertiary/aromatic N) is 4. The van der Waals surface area contributed by atoms with Crippen molar-refractivity contribution in [3.63, 3.8) is 0 Å². The zero-order valence-electron chi connectivity index (χ0n) is 14.3. The maximum absolute atomic E-state index is 5.44. The number of anilines is 1. The number of pyridine rings is 1. The average molecular weight is 322 g/mol. The van der Waals surface area contributed by atoms with Crippen LogP contribution in [0.2, 0.25) is 0 Å². The van der Waals surface area contributed by atoms with Crippen LogP contribution in [0.4, 0.5) is 5.82 Å². The molecule has 0 radical (unpaired) electrons. The summed E-state index contributed by atoms with van der Waals surface area (Å²) in [6, 6.07) is 12.0. The van der Waals surface area contributed by atoms with Gasteiger partial charge in [-0.1, -0.05) is 12.1 Å². The minimum atomic E-state index is 0.125. The number of hydrogen-bond acceptors (Lipinski definition) is 5. The average Bonchev–Trinajstić information content (AvgIpc) is 2.65. The second-order valence-electron chi connectivity index (χ2n) is 5.71. The molecular weight excluding hydrogens is 300 g/mol. The van der Waals surface area contributed by atoms with Crippen LogP contribution in [0.5, 0.6) is 0 Å². The molecule has 0 spiro atoms. The molecule has 0 aliphatic rings. The van der Waals surface area contributed by atoms with E-state index in [0.717, 1.165) is 35.4 Å². The Balaban J connectivity index is 2.14. The summed E-state index contributed by atoms with van der Waals surface area (Å²) in [6.45, 7) is 5.82. The number of fused-ring (bicyclic) bond motifs is 1. The highest BCUT2D eigenvalue weighted by Gasteiger charge is 2.16. The lowest BCUT2D eigenvalue weighted by atomic mass is 10.2. The van der Waals surface area contributed by atoms with Gasteiger partial charge in [-0.3, -0.25) is 4.98 Å². The van der Waals surface area contributed by atoms with Crippen LogP contribution < -0.4 is 4.90 Å². The normalized spacial score (nSPS) is 12.3. The number of benzene rings is 1. The third-order valence-corrected chi connectivity index (χ3v) is 4.06. The molecule has 1 unspecified atom stereocenters. The van der Waals surface area contributed by atoms with Gasteiger partial charge in [0.05, 0.1) is 11.6 Å². The largest absolute Gasteiger partial charge is 0.380 e. The van der Waals surface area contributed by atoms with Crippen molar-refractivity contribution in [2.75, 3.05) is 25.1 Å². The van der Waals surface area contributed by atoms with Gasteiger partial charge in [0.2, 0.25) is 0 Å². The van der Waals surface area contributed by atoms with E-state index in [-0.39, 0.29) is 6.10 Å². The van der Waals surface area contributed by atoms with Crippen molar-refractivity contribution in [3.8, 4) is 11.4 Å². The molecule has 3 rings (SSSR count). The SMILES string of the molecule is CCN(CC(C)OC)c1nc(-c2cccnc2)nc2ccccc12. The van der Waals surface area contributed by atoms with E-state index in [9.17, 15) is 0 Å². The Kier molecular flexibility index (Phi) is 5.01. The summed E-state index contributed by atoms with van der Waals surface area (Å²) < 4.78 is 5.44. The number of para-hydroxylation sites is 1. The molecule has 0 saturated heterocycles. The highest BCUT2D eigenvalue weighted by atomic mass is 16.5. The van der Waals surface area contributed by atoms with Gasteiger partial charge in [-0.2, -0.15) is 0 Å². The lowest BCUT2D eigenvalue weighted by Crippen LogP contribution is -2.32. The van der Waals surface area contributed by atoms with Crippen LogP contribution >= 0.6 is 0 Å². The number of hydrogen-bond donors (Lipinski definition) is 0. The maximum atomic E-state index is 5.44. The van der Waals surface area contributed by atoms with Crippen LogP contribution in [-0.2, 0) is 4.74 Å². The molecular formula is C19H22N4O. The van der Waals surface area contributed by atoms with E-state index >= 15 is 0 Å². The molecule has 0 aliphatic heterocycles. The van der Waals surface area contributed by atoms with Crippen LogP contribution in [0.15, 0.2) is 48.8 Å². The van der Waals surface area contributed by atoms with E-state index in [1.165, 1.54) is 0 Å². The first-order chi connectivity index (χ1) is 11.7. The summed E-state index contributed by atoms with van der Waals surface area (Å²) >= 11 is 0. The van der Waals surface area contributed by atoms with Crippen LogP contribution in [0, 0.1) is 0 Å². The molecule has 5 nitrogen and oxygen atoms in total. The van der Waals surface area contributed by atoms with Crippen molar-refractivity contribution < 1.29 is 4.74 Å². The van der Waals surface area contributed by atoms with Crippen molar-refractivity contribution in [2.45, 2.75) is 20.0 Å². The van der Waals surface area contributed by atoms with Gasteiger partial charge in [0, 0.05) is 43.5 Å². The predicted molar refractivity (Wildman–Crippen MR) is 97.1 cm³/mol. The second-order valence-corrected chi connectivity index (χ2v) is 5.71. The quantitative estimate of drug-likeness (QED) is 0.694. The first-order valence-electron chi connectivity index (χ1n) is 8.17. The minimum absolute atomic E-state index is 0.125. The summed E-state index contributed by atoms with van der Waals surface area (Å²) in [5.41, 5.74) is 1.85. The van der Waals surface area contributed by atoms with Gasteiger partial charge in [0.25, 0.3) is 0 Å². The van der Waals surface area contributed by atoms with Crippen LogP contribution in [0.1, 0.15) is 13.8 Å². The summed E-state index contributed by atoms with van der Waals surface area (Å²) in [5, 5.41) is 1.05. The lowest BCUT2D eigenvalue weighted by molar-refractivity contribution is 0.123. The fourth-order valence-electron chi connectivity index (χ4n) is 2.68. The molecule has 24 heavy (non-hydrogen) atoms. The van der Waals surface area contributed by atoms with E-state index in [4.69, 9.17) is 14.7 Å². The summed E-state index contributed by atoms with van der Waals surface area (Å²) in [5.74, 6) is 1.63. The van der Waals surface area contributed by atoms with E-state index < -0.39 is 0 Å². The molecule has 0 aliphatic carbocycles. The van der Waals surface area contributed by atoms with Gasteiger partial charge in [-0.25, -0.2) is 9.97 Å². The smallest absolute Gasteiger partial charge is 0.163 e. The number of aromatic nitrogens is 3. The Morgan fingerprint density at radius 1 is 1.12 bits per heavy atom. The van der Waals surface area contributed by atoms with Crippen molar-refractivity contribution in [1.29, 1.82) is 0 Å². The molecule has 124 valence electrons. The zero-order chi connectivity index (χ0) is 16.9. The van der Waals surface area contributed by atoms with Crippen LogP contribution in [-0.4, -0.2) is 41.3 Å². The second kappa shape index (κ2) is 7.36. The molecule has 0 N–H and O–H groups in total. The first-order valence-corrected chi connectivity index (χ1v) is 8.17. The third-order valence-electron chi connectivity index (χ3n) is 4.06. The minimum Gasteiger partial charge on any atom is -0.380 e. The van der Waals surface area contributed by atoms with E-state index in [2.05, 4.69) is 29.8 Å². The Bertz CT molecular complexity index is 807. The molecule has 0 saturated carbocycles. The molecule has 2 aromatic heterocycles. The van der Waals surface area contributed by atoms with Crippen LogP contribution in [0.3, 0.4) is 0 Å². The van der Waals surface area contributed by atoms with Crippen molar-refractivity contribution in [1.82, 2.24) is 15.0 Å². The molecule has 0 fully saturated rings. The van der Waals surface area contributed by atoms with Gasteiger partial charge in [0.15, 0.2) is 5.82 Å². The topological polar surface area (TPSA) is 51.1 Å². The molecule has 3 aromatic rings. The third kappa shape index (κ3) is 3.36. The Hall–Kier alpha value is -2.53. The Morgan fingerprint density at radius 2 is 1.96 bits per heavy atom. The predicted octanol–water partition coefficient (Wildman–Crippen LogP) is 3.55. The summed E-state index contributed by atoms with van der Waals surface area (Å²) in [7, 11) is 1.73. The highest BCUT2D eigenvalue weighted by Crippen LogP contribution is 2.27. The Labute approximate surface area is 142 Å². The van der Waals surface area contributed by atoms with E-state index in [1.807, 2.05) is 30.3 Å². The molecule has 2 heterocycles. The zero-order valence-corrected chi connectivity index (χ0v) is 14.3. The lowest BCUT2D eigenvalue weighted by Gasteiger charge is -2.26. The van der Waals surface area contributed by atoms with E-state index in [1.54, 1.807) is 19.5 Å². The monoisotopic (exact) mass is 322 g/mol. The number of rotatable bonds is 6. The number of methoxy groups -OCH3 is 1. The molecule has 5 heteroatoms. The van der Waals surface area contributed by atoms with Gasteiger partial charge in [0.1, 0.15) is 5.82 Å². The summed E-state index contributed by atoms with van der Waals surface area (Å²) in [6.07, 6.45) is 3.67. The Morgan fingerprint density at radius 3 is 2.67 bits per heavy atom. The maximum Gasteiger partial charge on any atom is 0.163 e. The number of ether oxygens (including phenoxy) is 1. The molecule has 1 atom stereocenters. The molecule has 1 aromatic carbocycles. The van der Waals surface area contributed by atoms with Crippen molar-refractivity contribution in [2.24, 2.45) is 0 Å². The first kappa shape index (κ1) is 16.3. The summed E-state index contributed by atoms with van der Waals surface area (Å²) in [4.78, 5) is 16.0. The van der Waals surface area contributed by atoms with Gasteiger partial charge in [-0.15, -0.1) is 0 Å². The number of likely N-dealkylation sites (N-methyl/N-ethyl adjacent to an activating group) is 1. The van der Waals surface area contributed by atoms with E-state index in [0.29, 0.717) is 5.82 Å². The molecule has 0 amide bonds. The van der Waals surface area contributed by atoms with Gasteiger partial charge >= 0.3 is 0 Å². The fraction of sp³-hybridized carbons (Fsp3) is 0.316. The standard InChI is InChI=1S/C19H22N4O/c1-4-23(13-14(2)24-3)19-16-9-5-6-10-17(16)21-18(22-19)15-8-7-11-20-12-15/h5-12,14H,4,13H2,1-3H3. The molecule has 0 bridgehead atoms. The van der Waals surface area contributed by atoms with Crippen molar-refractivity contribution >= 4 is 16.7 Å².